The first-order chi connectivity index (χ1) is 9.85. The van der Waals surface area contributed by atoms with Gasteiger partial charge in [-0.25, -0.2) is 0 Å². The Bertz CT molecular complexity index is 408. The van der Waals surface area contributed by atoms with Crippen LogP contribution in [0.3, 0.4) is 0 Å². The Balaban J connectivity index is 1.78. The Labute approximate surface area is 124 Å². The number of likely N-dealkylation sites (tertiary alicyclic amines) is 1. The molecule has 112 valence electrons. The van der Waals surface area contributed by atoms with Crippen molar-refractivity contribution in [1.29, 1.82) is 0 Å². The largest absolute Gasteiger partial charge is 0.493 e. The van der Waals surface area contributed by atoms with Crippen LogP contribution in [0, 0.1) is 0 Å². The zero-order chi connectivity index (χ0) is 14.2. The zero-order valence-corrected chi connectivity index (χ0v) is 14.0. The first-order valence-electron chi connectivity index (χ1n) is 7.35. The molecule has 0 amide bonds. The van der Waals surface area contributed by atoms with E-state index in [2.05, 4.69) is 11.0 Å². The van der Waals surface area contributed by atoms with Crippen LogP contribution in [-0.4, -0.2) is 55.1 Å². The standard InChI is InChI=1S/C15H25NO3Si/c1-17-13-7-6-8-14(15(13)18-2)20-19-12-11-16-9-4-3-5-10-16/h6-8H,3-5,9-12,20H2,1-2H3. The average Bonchev–Trinajstić information content (AvgIpc) is 2.52. The van der Waals surface area contributed by atoms with Crippen LogP contribution in [0.25, 0.3) is 0 Å². The van der Waals surface area contributed by atoms with Crippen molar-refractivity contribution in [2.75, 3.05) is 40.5 Å². The van der Waals surface area contributed by atoms with Crippen molar-refractivity contribution in [3.8, 4) is 11.5 Å². The van der Waals surface area contributed by atoms with E-state index in [-0.39, 0.29) is 0 Å². The highest BCUT2D eigenvalue weighted by Gasteiger charge is 2.11. The summed E-state index contributed by atoms with van der Waals surface area (Å²) in [4.78, 5) is 2.50. The molecule has 0 aliphatic carbocycles. The number of hydrogen-bond donors (Lipinski definition) is 0. The molecule has 0 radical (unpaired) electrons. The van der Waals surface area contributed by atoms with Crippen LogP contribution in [0.5, 0.6) is 11.5 Å². The minimum atomic E-state index is -0.760. The first-order valence-corrected chi connectivity index (χ1v) is 8.63. The van der Waals surface area contributed by atoms with E-state index < -0.39 is 9.76 Å². The van der Waals surface area contributed by atoms with E-state index in [4.69, 9.17) is 13.9 Å². The molecule has 1 aromatic carbocycles. The van der Waals surface area contributed by atoms with Crippen molar-refractivity contribution in [2.24, 2.45) is 0 Å². The van der Waals surface area contributed by atoms with E-state index in [1.54, 1.807) is 14.2 Å². The highest BCUT2D eigenvalue weighted by Crippen LogP contribution is 2.23. The van der Waals surface area contributed by atoms with Gasteiger partial charge in [-0.2, -0.15) is 0 Å². The second-order valence-electron chi connectivity index (χ2n) is 5.11. The van der Waals surface area contributed by atoms with Crippen molar-refractivity contribution < 1.29 is 13.9 Å². The maximum absolute atomic E-state index is 5.93. The number of nitrogens with zero attached hydrogens (tertiary/aromatic N) is 1. The van der Waals surface area contributed by atoms with E-state index in [0.717, 1.165) is 24.7 Å². The van der Waals surface area contributed by atoms with Crippen LogP contribution < -0.4 is 14.7 Å². The molecule has 1 saturated heterocycles. The summed E-state index contributed by atoms with van der Waals surface area (Å²) < 4.78 is 16.7. The van der Waals surface area contributed by atoms with Gasteiger partial charge in [0.1, 0.15) is 0 Å². The van der Waals surface area contributed by atoms with Crippen LogP contribution in [0.1, 0.15) is 19.3 Å². The first kappa shape index (κ1) is 15.3. The second kappa shape index (κ2) is 8.29. The summed E-state index contributed by atoms with van der Waals surface area (Å²) in [6.45, 7) is 4.34. The molecule has 1 aliphatic heterocycles. The van der Waals surface area contributed by atoms with E-state index in [1.165, 1.54) is 37.5 Å². The van der Waals surface area contributed by atoms with Gasteiger partial charge < -0.3 is 18.8 Å². The molecule has 1 aliphatic rings. The molecule has 1 aromatic rings. The zero-order valence-electron chi connectivity index (χ0n) is 12.6. The summed E-state index contributed by atoms with van der Waals surface area (Å²) in [6, 6.07) is 6.00. The summed E-state index contributed by atoms with van der Waals surface area (Å²) in [5.74, 6) is 1.62. The van der Waals surface area contributed by atoms with Crippen molar-refractivity contribution in [3.05, 3.63) is 18.2 Å². The third kappa shape index (κ3) is 4.23. The molecule has 5 heteroatoms. The molecule has 4 nitrogen and oxygen atoms in total. The Morgan fingerprint density at radius 1 is 1.10 bits per heavy atom. The molecule has 0 aromatic heterocycles. The normalized spacial score (nSPS) is 16.7. The molecule has 1 fully saturated rings. The highest BCUT2D eigenvalue weighted by molar-refractivity contribution is 6.48. The van der Waals surface area contributed by atoms with Gasteiger partial charge in [0, 0.05) is 18.3 Å². The second-order valence-corrected chi connectivity index (χ2v) is 6.57. The third-order valence-corrected chi connectivity index (χ3v) is 5.10. The lowest BCUT2D eigenvalue weighted by atomic mass is 10.1. The quantitative estimate of drug-likeness (QED) is 0.553. The Morgan fingerprint density at radius 2 is 1.90 bits per heavy atom. The molecule has 20 heavy (non-hydrogen) atoms. The van der Waals surface area contributed by atoms with E-state index in [1.807, 2.05) is 12.1 Å². The van der Waals surface area contributed by atoms with Crippen LogP contribution in [0.15, 0.2) is 18.2 Å². The lowest BCUT2D eigenvalue weighted by Gasteiger charge is -2.26. The van der Waals surface area contributed by atoms with Crippen LogP contribution >= 0.6 is 0 Å². The van der Waals surface area contributed by atoms with Crippen molar-refractivity contribution in [2.45, 2.75) is 19.3 Å². The van der Waals surface area contributed by atoms with E-state index >= 15 is 0 Å². The number of rotatable bonds is 7. The SMILES string of the molecule is COc1cccc([SiH2]OCCN2CCCCC2)c1OC. The molecule has 0 bridgehead atoms. The van der Waals surface area contributed by atoms with Crippen molar-refractivity contribution in [3.63, 3.8) is 0 Å². The van der Waals surface area contributed by atoms with Gasteiger partial charge >= 0.3 is 0 Å². The third-order valence-electron chi connectivity index (χ3n) is 3.74. The Hall–Kier alpha value is -1.04. The fourth-order valence-electron chi connectivity index (χ4n) is 2.63. The van der Waals surface area contributed by atoms with Gasteiger partial charge in [0.2, 0.25) is 0 Å². The number of methoxy groups -OCH3 is 2. The lowest BCUT2D eigenvalue weighted by Crippen LogP contribution is -2.33. The molecule has 0 atom stereocenters. The molecule has 0 unspecified atom stereocenters. The number of benzene rings is 1. The van der Waals surface area contributed by atoms with Crippen LogP contribution in [0.4, 0.5) is 0 Å². The molecule has 1 heterocycles. The minimum absolute atomic E-state index is 0.760. The van der Waals surface area contributed by atoms with Gasteiger partial charge in [-0.15, -0.1) is 0 Å². The Morgan fingerprint density at radius 3 is 2.60 bits per heavy atom. The van der Waals surface area contributed by atoms with Gasteiger partial charge in [0.05, 0.1) is 14.2 Å². The monoisotopic (exact) mass is 295 g/mol. The lowest BCUT2D eigenvalue weighted by molar-refractivity contribution is 0.187. The summed E-state index contributed by atoms with van der Waals surface area (Å²) in [7, 11) is 2.59. The van der Waals surface area contributed by atoms with Gasteiger partial charge in [0.25, 0.3) is 0 Å². The maximum atomic E-state index is 5.93. The van der Waals surface area contributed by atoms with Gasteiger partial charge in [-0.3, -0.25) is 0 Å². The number of ether oxygens (including phenoxy) is 2. The molecular weight excluding hydrogens is 270 g/mol. The van der Waals surface area contributed by atoms with Crippen molar-refractivity contribution in [1.82, 2.24) is 4.90 Å². The average molecular weight is 295 g/mol. The predicted octanol–water partition coefficient (Wildman–Crippen LogP) is 0.915. The van der Waals surface area contributed by atoms with Gasteiger partial charge in [-0.1, -0.05) is 18.6 Å². The molecule has 0 saturated carbocycles. The topological polar surface area (TPSA) is 30.9 Å². The highest BCUT2D eigenvalue weighted by atomic mass is 28.2. The molecular formula is C15H25NO3Si. The van der Waals surface area contributed by atoms with E-state index in [9.17, 15) is 0 Å². The molecule has 2 rings (SSSR count). The minimum Gasteiger partial charge on any atom is -0.493 e. The number of piperidine rings is 1. The van der Waals surface area contributed by atoms with Gasteiger partial charge in [-0.05, 0) is 32.0 Å². The predicted molar refractivity (Wildman–Crippen MR) is 84.0 cm³/mol. The van der Waals surface area contributed by atoms with Crippen molar-refractivity contribution >= 4 is 14.9 Å². The smallest absolute Gasteiger partial charge is 0.196 e. The summed E-state index contributed by atoms with van der Waals surface area (Å²) >= 11 is 0. The summed E-state index contributed by atoms with van der Waals surface area (Å²) in [5.41, 5.74) is 0. The van der Waals surface area contributed by atoms with Crippen LogP contribution in [-0.2, 0) is 4.43 Å². The number of para-hydroxylation sites is 1. The maximum Gasteiger partial charge on any atom is 0.196 e. The van der Waals surface area contributed by atoms with Crippen LogP contribution in [0.2, 0.25) is 0 Å². The van der Waals surface area contributed by atoms with E-state index in [0.29, 0.717) is 0 Å². The summed E-state index contributed by atoms with van der Waals surface area (Å²) in [5, 5.41) is 1.17. The fraction of sp³-hybridized carbons (Fsp3) is 0.600. The summed E-state index contributed by atoms with van der Waals surface area (Å²) in [6.07, 6.45) is 4.05. The fourth-order valence-corrected chi connectivity index (χ4v) is 3.80. The molecule has 0 N–H and O–H groups in total. The van der Waals surface area contributed by atoms with Gasteiger partial charge in [0.15, 0.2) is 21.3 Å². The molecule has 0 spiro atoms. The Kier molecular flexibility index (Phi) is 6.36. The number of hydrogen-bond acceptors (Lipinski definition) is 4.